The Balaban J connectivity index is 2.45. The summed E-state index contributed by atoms with van der Waals surface area (Å²) in [5.74, 6) is 0. The normalized spacial score (nSPS) is 11.6. The molecular formula is C10H7Br2ClN2O2S2. The van der Waals surface area contributed by atoms with Crippen molar-refractivity contribution in [2.75, 3.05) is 4.72 Å². The summed E-state index contributed by atoms with van der Waals surface area (Å²) in [6.45, 7) is 1.60. The minimum absolute atomic E-state index is 0.111. The highest BCUT2D eigenvalue weighted by Crippen LogP contribution is 2.34. The lowest BCUT2D eigenvalue weighted by Gasteiger charge is -2.10. The van der Waals surface area contributed by atoms with Gasteiger partial charge in [-0.05, 0) is 50.9 Å². The lowest BCUT2D eigenvalue weighted by Crippen LogP contribution is -2.13. The van der Waals surface area contributed by atoms with E-state index < -0.39 is 10.0 Å². The number of rotatable bonds is 3. The Labute approximate surface area is 136 Å². The maximum atomic E-state index is 12.3. The van der Waals surface area contributed by atoms with Crippen molar-refractivity contribution in [2.24, 2.45) is 0 Å². The van der Waals surface area contributed by atoms with Gasteiger partial charge in [-0.1, -0.05) is 29.0 Å². The molecular weight excluding hydrogens is 440 g/mol. The molecule has 4 nitrogen and oxygen atoms in total. The molecule has 0 saturated carbocycles. The van der Waals surface area contributed by atoms with Crippen LogP contribution in [0.5, 0.6) is 0 Å². The summed E-state index contributed by atoms with van der Waals surface area (Å²) in [5.41, 5.74) is 0.817. The minimum Gasteiger partial charge on any atom is -0.277 e. The topological polar surface area (TPSA) is 59.1 Å². The highest BCUT2D eigenvalue weighted by molar-refractivity contribution is 9.11. The number of aryl methyl sites for hydroxylation is 1. The predicted octanol–water partition coefficient (Wildman–Crippen LogP) is 4.43. The van der Waals surface area contributed by atoms with Gasteiger partial charge in [0.05, 0.1) is 11.4 Å². The lowest BCUT2D eigenvalue weighted by molar-refractivity contribution is 0.602. The van der Waals surface area contributed by atoms with Gasteiger partial charge < -0.3 is 0 Å². The fourth-order valence-electron chi connectivity index (χ4n) is 1.38. The summed E-state index contributed by atoms with van der Waals surface area (Å²) in [6.07, 6.45) is 0. The molecule has 19 heavy (non-hydrogen) atoms. The van der Waals surface area contributed by atoms with Crippen molar-refractivity contribution in [3.63, 3.8) is 0 Å². The van der Waals surface area contributed by atoms with Gasteiger partial charge in [0.2, 0.25) is 0 Å². The van der Waals surface area contributed by atoms with Crippen molar-refractivity contribution in [3.05, 3.63) is 37.3 Å². The fraction of sp³-hybridized carbons (Fsp3) is 0.100. The largest absolute Gasteiger partial charge is 0.277 e. The van der Waals surface area contributed by atoms with Crippen molar-refractivity contribution in [1.29, 1.82) is 0 Å². The van der Waals surface area contributed by atoms with Crippen LogP contribution in [0.4, 0.5) is 5.69 Å². The average molecular weight is 447 g/mol. The van der Waals surface area contributed by atoms with E-state index in [2.05, 4.69) is 41.6 Å². The Morgan fingerprint density at radius 3 is 2.37 bits per heavy atom. The average Bonchev–Trinajstić information content (AvgIpc) is 2.64. The first-order valence-corrected chi connectivity index (χ1v) is 9.17. The number of para-hydroxylation sites is 1. The first kappa shape index (κ1) is 15.2. The number of hydrogen-bond acceptors (Lipinski definition) is 4. The summed E-state index contributed by atoms with van der Waals surface area (Å²) in [5, 5.41) is 0. The zero-order chi connectivity index (χ0) is 14.2. The quantitative estimate of drug-likeness (QED) is 0.759. The monoisotopic (exact) mass is 444 g/mol. The van der Waals surface area contributed by atoms with Crippen LogP contribution < -0.4 is 4.72 Å². The molecule has 1 aromatic carbocycles. The number of sulfonamides is 1. The van der Waals surface area contributed by atoms with E-state index in [-0.39, 0.29) is 8.68 Å². The summed E-state index contributed by atoms with van der Waals surface area (Å²) in [7, 11) is -3.71. The van der Waals surface area contributed by atoms with Crippen molar-refractivity contribution in [3.8, 4) is 0 Å². The molecule has 0 aliphatic heterocycles. The van der Waals surface area contributed by atoms with Gasteiger partial charge >= 0.3 is 0 Å². The Hall–Kier alpha value is -0.150. The molecule has 2 rings (SSSR count). The third-order valence-corrected chi connectivity index (χ3v) is 6.71. The van der Waals surface area contributed by atoms with Gasteiger partial charge in [-0.2, -0.15) is 0 Å². The second-order valence-corrected chi connectivity index (χ2v) is 8.71. The summed E-state index contributed by atoms with van der Waals surface area (Å²) < 4.78 is 28.7. The second kappa shape index (κ2) is 5.69. The van der Waals surface area contributed by atoms with Crippen LogP contribution in [0, 0.1) is 6.92 Å². The number of benzene rings is 1. The number of anilines is 1. The van der Waals surface area contributed by atoms with E-state index in [1.807, 2.05) is 0 Å². The molecule has 0 fully saturated rings. The van der Waals surface area contributed by atoms with Crippen LogP contribution in [-0.2, 0) is 10.0 Å². The zero-order valence-electron chi connectivity index (χ0n) is 9.45. The van der Waals surface area contributed by atoms with Crippen LogP contribution in [0.1, 0.15) is 5.69 Å². The SMILES string of the molecule is Cc1nc(Cl)sc1S(=O)(=O)Nc1c(Br)cccc1Br. The molecule has 0 amide bonds. The summed E-state index contributed by atoms with van der Waals surface area (Å²) in [4.78, 5) is 3.91. The molecule has 0 atom stereocenters. The van der Waals surface area contributed by atoms with E-state index >= 15 is 0 Å². The molecule has 0 saturated heterocycles. The van der Waals surface area contributed by atoms with Crippen LogP contribution in [0.25, 0.3) is 0 Å². The predicted molar refractivity (Wildman–Crippen MR) is 84.5 cm³/mol. The van der Waals surface area contributed by atoms with Crippen molar-refractivity contribution >= 4 is 70.5 Å². The highest BCUT2D eigenvalue weighted by atomic mass is 79.9. The molecule has 9 heteroatoms. The lowest BCUT2D eigenvalue weighted by atomic mass is 10.3. The van der Waals surface area contributed by atoms with E-state index in [1.165, 1.54) is 0 Å². The van der Waals surface area contributed by atoms with Gasteiger partial charge in [0.25, 0.3) is 10.0 Å². The van der Waals surface area contributed by atoms with E-state index in [9.17, 15) is 8.42 Å². The minimum atomic E-state index is -3.71. The van der Waals surface area contributed by atoms with Crippen LogP contribution in [-0.4, -0.2) is 13.4 Å². The van der Waals surface area contributed by atoms with Crippen LogP contribution in [0.3, 0.4) is 0 Å². The van der Waals surface area contributed by atoms with Gasteiger partial charge in [0.15, 0.2) is 8.68 Å². The molecule has 0 unspecified atom stereocenters. The number of aromatic nitrogens is 1. The molecule has 1 aromatic heterocycles. The fourth-order valence-corrected chi connectivity index (χ4v) is 5.68. The molecule has 0 radical (unpaired) electrons. The second-order valence-electron chi connectivity index (χ2n) is 3.54. The Bertz CT molecular complexity index is 711. The maximum absolute atomic E-state index is 12.3. The number of thiazole rings is 1. The molecule has 1 heterocycles. The van der Waals surface area contributed by atoms with Crippen molar-refractivity contribution in [1.82, 2.24) is 4.98 Å². The number of nitrogens with zero attached hydrogens (tertiary/aromatic N) is 1. The Morgan fingerprint density at radius 2 is 1.89 bits per heavy atom. The third kappa shape index (κ3) is 3.30. The number of hydrogen-bond donors (Lipinski definition) is 1. The van der Waals surface area contributed by atoms with E-state index in [1.54, 1.807) is 25.1 Å². The Morgan fingerprint density at radius 1 is 1.32 bits per heavy atom. The molecule has 1 N–H and O–H groups in total. The molecule has 0 aliphatic carbocycles. The first-order chi connectivity index (χ1) is 8.81. The third-order valence-electron chi connectivity index (χ3n) is 2.17. The number of halogens is 3. The summed E-state index contributed by atoms with van der Waals surface area (Å²) >= 11 is 13.3. The summed E-state index contributed by atoms with van der Waals surface area (Å²) in [6, 6.07) is 5.28. The van der Waals surface area contributed by atoms with Crippen LogP contribution in [0.2, 0.25) is 4.47 Å². The van der Waals surface area contributed by atoms with Gasteiger partial charge in [-0.15, -0.1) is 0 Å². The Kier molecular flexibility index (Phi) is 4.56. The van der Waals surface area contributed by atoms with E-state index in [0.717, 1.165) is 11.3 Å². The zero-order valence-corrected chi connectivity index (χ0v) is 15.0. The van der Waals surface area contributed by atoms with E-state index in [4.69, 9.17) is 11.6 Å². The number of nitrogens with one attached hydrogen (secondary N) is 1. The van der Waals surface area contributed by atoms with Crippen LogP contribution in [0.15, 0.2) is 31.4 Å². The standard InChI is InChI=1S/C10H7Br2ClN2O2S2/c1-5-9(18-10(13)14-5)19(16,17)15-8-6(11)3-2-4-7(8)12/h2-4,15H,1H3. The maximum Gasteiger partial charge on any atom is 0.273 e. The molecule has 0 bridgehead atoms. The van der Waals surface area contributed by atoms with Gasteiger partial charge in [0, 0.05) is 8.95 Å². The van der Waals surface area contributed by atoms with Crippen molar-refractivity contribution in [2.45, 2.75) is 11.1 Å². The van der Waals surface area contributed by atoms with Gasteiger partial charge in [0.1, 0.15) is 0 Å². The van der Waals surface area contributed by atoms with Crippen LogP contribution >= 0.6 is 54.8 Å². The van der Waals surface area contributed by atoms with Gasteiger partial charge in [-0.3, -0.25) is 4.72 Å². The smallest absolute Gasteiger partial charge is 0.273 e. The first-order valence-electron chi connectivity index (χ1n) is 4.91. The molecule has 0 aliphatic rings. The van der Waals surface area contributed by atoms with Gasteiger partial charge in [-0.25, -0.2) is 13.4 Å². The van der Waals surface area contributed by atoms with Crippen molar-refractivity contribution < 1.29 is 8.42 Å². The molecule has 2 aromatic rings. The van der Waals surface area contributed by atoms with E-state index in [0.29, 0.717) is 20.3 Å². The molecule has 102 valence electrons. The highest BCUT2D eigenvalue weighted by Gasteiger charge is 2.23. The molecule has 0 spiro atoms.